The standard InChI is InChI=1S/C16H24ClFN2O2/c1-12(2)11-22-9-5-8-19-16(21)20(3)10-13-14(17)6-4-7-15(13)18/h4,6-7,12H,5,8-11H2,1-3H3,(H,19,21). The minimum atomic E-state index is -0.408. The molecule has 2 amide bonds. The molecule has 0 unspecified atom stereocenters. The molecule has 0 bridgehead atoms. The molecule has 6 heteroatoms. The average Bonchev–Trinajstić information content (AvgIpc) is 2.46. The number of amides is 2. The fourth-order valence-electron chi connectivity index (χ4n) is 1.82. The Balaban J connectivity index is 2.31. The fourth-order valence-corrected chi connectivity index (χ4v) is 2.04. The van der Waals surface area contributed by atoms with E-state index in [1.807, 2.05) is 0 Å². The van der Waals surface area contributed by atoms with E-state index in [4.69, 9.17) is 16.3 Å². The van der Waals surface area contributed by atoms with Crippen molar-refractivity contribution in [3.63, 3.8) is 0 Å². The maximum atomic E-state index is 13.7. The van der Waals surface area contributed by atoms with Gasteiger partial charge in [-0.25, -0.2) is 9.18 Å². The highest BCUT2D eigenvalue weighted by Crippen LogP contribution is 2.20. The second-order valence-electron chi connectivity index (χ2n) is 5.61. The maximum absolute atomic E-state index is 13.7. The van der Waals surface area contributed by atoms with Crippen molar-refractivity contribution < 1.29 is 13.9 Å². The van der Waals surface area contributed by atoms with Crippen molar-refractivity contribution in [2.45, 2.75) is 26.8 Å². The van der Waals surface area contributed by atoms with Gasteiger partial charge < -0.3 is 15.0 Å². The highest BCUT2D eigenvalue weighted by molar-refractivity contribution is 6.31. The Bertz CT molecular complexity index is 463. The zero-order valence-electron chi connectivity index (χ0n) is 13.4. The normalized spacial score (nSPS) is 10.8. The summed E-state index contributed by atoms with van der Waals surface area (Å²) in [6.07, 6.45) is 0.743. The van der Waals surface area contributed by atoms with Crippen LogP contribution in [0.25, 0.3) is 0 Å². The number of urea groups is 1. The van der Waals surface area contributed by atoms with Crippen LogP contribution < -0.4 is 5.32 Å². The van der Waals surface area contributed by atoms with Crippen molar-refractivity contribution in [3.05, 3.63) is 34.6 Å². The maximum Gasteiger partial charge on any atom is 0.317 e. The number of nitrogens with zero attached hydrogens (tertiary/aromatic N) is 1. The summed E-state index contributed by atoms with van der Waals surface area (Å²) >= 11 is 5.95. The second-order valence-corrected chi connectivity index (χ2v) is 6.02. The van der Waals surface area contributed by atoms with Gasteiger partial charge >= 0.3 is 6.03 Å². The van der Waals surface area contributed by atoms with Crippen LogP contribution >= 0.6 is 11.6 Å². The van der Waals surface area contributed by atoms with E-state index in [2.05, 4.69) is 19.2 Å². The van der Waals surface area contributed by atoms with Crippen molar-refractivity contribution in [2.24, 2.45) is 5.92 Å². The molecule has 4 nitrogen and oxygen atoms in total. The third kappa shape index (κ3) is 6.62. The summed E-state index contributed by atoms with van der Waals surface area (Å²) < 4.78 is 19.1. The molecule has 1 rings (SSSR count). The van der Waals surface area contributed by atoms with Gasteiger partial charge in [-0.3, -0.25) is 0 Å². The first kappa shape index (κ1) is 18.7. The summed E-state index contributed by atoms with van der Waals surface area (Å²) in [6, 6.07) is 4.22. The van der Waals surface area contributed by atoms with E-state index in [1.54, 1.807) is 19.2 Å². The lowest BCUT2D eigenvalue weighted by molar-refractivity contribution is 0.108. The zero-order valence-corrected chi connectivity index (χ0v) is 14.1. The van der Waals surface area contributed by atoms with Crippen LogP contribution in [0, 0.1) is 11.7 Å². The average molecular weight is 331 g/mol. The molecule has 22 heavy (non-hydrogen) atoms. The molecule has 0 saturated carbocycles. The monoisotopic (exact) mass is 330 g/mol. The molecule has 0 atom stereocenters. The Morgan fingerprint density at radius 2 is 2.18 bits per heavy atom. The van der Waals surface area contributed by atoms with E-state index >= 15 is 0 Å². The smallest absolute Gasteiger partial charge is 0.317 e. The number of halogens is 2. The quantitative estimate of drug-likeness (QED) is 0.739. The van der Waals surface area contributed by atoms with Gasteiger partial charge in [0.2, 0.25) is 0 Å². The van der Waals surface area contributed by atoms with Crippen LogP contribution in [0.3, 0.4) is 0 Å². The minimum absolute atomic E-state index is 0.126. The van der Waals surface area contributed by atoms with E-state index in [-0.39, 0.29) is 12.6 Å². The molecule has 0 aliphatic carbocycles. The van der Waals surface area contributed by atoms with Crippen molar-refractivity contribution in [3.8, 4) is 0 Å². The van der Waals surface area contributed by atoms with E-state index in [0.29, 0.717) is 29.7 Å². The Labute approximate surface area is 136 Å². The highest BCUT2D eigenvalue weighted by atomic mass is 35.5. The molecular formula is C16H24ClFN2O2. The molecule has 124 valence electrons. The van der Waals surface area contributed by atoms with Crippen LogP contribution in [0.1, 0.15) is 25.8 Å². The summed E-state index contributed by atoms with van der Waals surface area (Å²) in [4.78, 5) is 13.3. The number of benzene rings is 1. The van der Waals surface area contributed by atoms with Gasteiger partial charge in [-0.05, 0) is 24.5 Å². The van der Waals surface area contributed by atoms with Crippen molar-refractivity contribution in [1.29, 1.82) is 0 Å². The van der Waals surface area contributed by atoms with E-state index in [0.717, 1.165) is 13.0 Å². The molecule has 0 aromatic heterocycles. The predicted octanol–water partition coefficient (Wildman–Crippen LogP) is 3.68. The summed E-state index contributed by atoms with van der Waals surface area (Å²) in [6.45, 7) is 6.16. The van der Waals surface area contributed by atoms with Crippen molar-refractivity contribution in [1.82, 2.24) is 10.2 Å². The van der Waals surface area contributed by atoms with Crippen LogP contribution in [0.5, 0.6) is 0 Å². The van der Waals surface area contributed by atoms with Gasteiger partial charge in [-0.2, -0.15) is 0 Å². The summed E-state index contributed by atoms with van der Waals surface area (Å²) in [5.74, 6) is 0.0977. The molecule has 0 fully saturated rings. The summed E-state index contributed by atoms with van der Waals surface area (Å²) in [5.41, 5.74) is 0.321. The van der Waals surface area contributed by atoms with Crippen LogP contribution in [0.4, 0.5) is 9.18 Å². The first-order valence-electron chi connectivity index (χ1n) is 7.41. The Morgan fingerprint density at radius 1 is 1.45 bits per heavy atom. The van der Waals surface area contributed by atoms with E-state index in [1.165, 1.54) is 11.0 Å². The second kappa shape index (κ2) is 9.64. The molecule has 1 aromatic rings. The molecule has 0 heterocycles. The Morgan fingerprint density at radius 3 is 2.82 bits per heavy atom. The van der Waals surface area contributed by atoms with E-state index in [9.17, 15) is 9.18 Å². The van der Waals surface area contributed by atoms with Crippen LogP contribution in [-0.4, -0.2) is 37.7 Å². The molecule has 0 aliphatic heterocycles. The van der Waals surface area contributed by atoms with Crippen molar-refractivity contribution >= 4 is 17.6 Å². The first-order chi connectivity index (χ1) is 10.4. The molecule has 0 spiro atoms. The molecule has 1 N–H and O–H groups in total. The number of carbonyl (C=O) groups excluding carboxylic acids is 1. The van der Waals surface area contributed by atoms with Gasteiger partial charge in [0.25, 0.3) is 0 Å². The molecule has 0 aliphatic rings. The van der Waals surface area contributed by atoms with Crippen LogP contribution in [0.2, 0.25) is 5.02 Å². The fraction of sp³-hybridized carbons (Fsp3) is 0.562. The lowest BCUT2D eigenvalue weighted by Gasteiger charge is -2.19. The number of nitrogens with one attached hydrogen (secondary N) is 1. The molecule has 1 aromatic carbocycles. The van der Waals surface area contributed by atoms with Gasteiger partial charge in [0.15, 0.2) is 0 Å². The zero-order chi connectivity index (χ0) is 16.5. The molecule has 0 saturated heterocycles. The third-order valence-electron chi connectivity index (χ3n) is 3.00. The Kier molecular flexibility index (Phi) is 8.20. The SMILES string of the molecule is CC(C)COCCCNC(=O)N(C)Cc1c(F)cccc1Cl. The lowest BCUT2D eigenvalue weighted by Crippen LogP contribution is -2.37. The van der Waals surface area contributed by atoms with Gasteiger partial charge in [-0.15, -0.1) is 0 Å². The van der Waals surface area contributed by atoms with E-state index < -0.39 is 5.82 Å². The molecule has 0 radical (unpaired) electrons. The van der Waals surface area contributed by atoms with Gasteiger partial charge in [0, 0.05) is 37.4 Å². The number of ether oxygens (including phenoxy) is 1. The topological polar surface area (TPSA) is 41.6 Å². The Hall–Kier alpha value is -1.33. The van der Waals surface area contributed by atoms with Crippen LogP contribution in [0.15, 0.2) is 18.2 Å². The van der Waals surface area contributed by atoms with Gasteiger partial charge in [-0.1, -0.05) is 31.5 Å². The van der Waals surface area contributed by atoms with Crippen molar-refractivity contribution in [2.75, 3.05) is 26.8 Å². The number of rotatable bonds is 8. The molecular weight excluding hydrogens is 307 g/mol. The first-order valence-corrected chi connectivity index (χ1v) is 7.79. The van der Waals surface area contributed by atoms with Gasteiger partial charge in [0.1, 0.15) is 5.82 Å². The number of hydrogen-bond acceptors (Lipinski definition) is 2. The summed E-state index contributed by atoms with van der Waals surface area (Å²) in [7, 11) is 1.60. The predicted molar refractivity (Wildman–Crippen MR) is 86.5 cm³/mol. The summed E-state index contributed by atoms with van der Waals surface area (Å²) in [5, 5.41) is 3.09. The van der Waals surface area contributed by atoms with Gasteiger partial charge in [0.05, 0.1) is 6.54 Å². The highest BCUT2D eigenvalue weighted by Gasteiger charge is 2.13. The number of carbonyl (C=O) groups is 1. The van der Waals surface area contributed by atoms with Crippen LogP contribution in [-0.2, 0) is 11.3 Å². The third-order valence-corrected chi connectivity index (χ3v) is 3.35. The lowest BCUT2D eigenvalue weighted by atomic mass is 10.2. The number of hydrogen-bond donors (Lipinski definition) is 1. The minimum Gasteiger partial charge on any atom is -0.381 e. The largest absolute Gasteiger partial charge is 0.381 e.